The van der Waals surface area contributed by atoms with Gasteiger partial charge in [0.15, 0.2) is 0 Å². The first-order valence-corrected chi connectivity index (χ1v) is 7.24. The second-order valence-electron chi connectivity index (χ2n) is 5.02. The number of hydrogen-bond acceptors (Lipinski definition) is 5. The van der Waals surface area contributed by atoms with Crippen molar-refractivity contribution in [1.82, 2.24) is 9.97 Å². The van der Waals surface area contributed by atoms with Gasteiger partial charge in [-0.2, -0.15) is 0 Å². The third kappa shape index (κ3) is 3.56. The van der Waals surface area contributed by atoms with E-state index in [1.165, 1.54) is 0 Å². The number of rotatable bonds is 6. The molecule has 5 heteroatoms. The van der Waals surface area contributed by atoms with Crippen LogP contribution < -0.4 is 10.2 Å². The standard InChI is InChI=1S/C14H24N4O/c1-3-12-16-13(15-4-2)9-14(17-12)18-7-5-11(10-18)6-8-19/h9,11,19H,3-8,10H2,1-2H3,(H,15,16,17). The van der Waals surface area contributed by atoms with Crippen molar-refractivity contribution in [3.63, 3.8) is 0 Å². The molecule has 0 amide bonds. The lowest BCUT2D eigenvalue weighted by Crippen LogP contribution is -2.22. The van der Waals surface area contributed by atoms with Crippen molar-refractivity contribution in [1.29, 1.82) is 0 Å². The average molecular weight is 264 g/mol. The van der Waals surface area contributed by atoms with Crippen LogP contribution >= 0.6 is 0 Å². The number of aryl methyl sites for hydroxylation is 1. The highest BCUT2D eigenvalue weighted by molar-refractivity contribution is 5.50. The Balaban J connectivity index is 2.12. The lowest BCUT2D eigenvalue weighted by Gasteiger charge is -2.19. The molecule has 0 bridgehead atoms. The van der Waals surface area contributed by atoms with Gasteiger partial charge in [-0.15, -0.1) is 0 Å². The van der Waals surface area contributed by atoms with E-state index in [4.69, 9.17) is 5.11 Å². The molecule has 0 aliphatic carbocycles. The largest absolute Gasteiger partial charge is 0.396 e. The summed E-state index contributed by atoms with van der Waals surface area (Å²) in [4.78, 5) is 11.4. The van der Waals surface area contributed by atoms with Crippen LogP contribution in [0.2, 0.25) is 0 Å². The molecule has 5 nitrogen and oxygen atoms in total. The van der Waals surface area contributed by atoms with Gasteiger partial charge in [0, 0.05) is 38.7 Å². The summed E-state index contributed by atoms with van der Waals surface area (Å²) in [6.45, 7) is 7.31. The summed E-state index contributed by atoms with van der Waals surface area (Å²) >= 11 is 0. The van der Waals surface area contributed by atoms with E-state index in [1.54, 1.807) is 0 Å². The molecule has 0 radical (unpaired) electrons. The molecule has 1 saturated heterocycles. The summed E-state index contributed by atoms with van der Waals surface area (Å²) in [5, 5.41) is 12.3. The average Bonchev–Trinajstić information content (AvgIpc) is 2.88. The Morgan fingerprint density at radius 1 is 1.42 bits per heavy atom. The predicted octanol–water partition coefficient (Wildman–Crippen LogP) is 1.68. The van der Waals surface area contributed by atoms with Gasteiger partial charge < -0.3 is 15.3 Å². The number of aliphatic hydroxyl groups is 1. The number of nitrogens with zero attached hydrogens (tertiary/aromatic N) is 3. The molecule has 2 heterocycles. The highest BCUT2D eigenvalue weighted by Crippen LogP contribution is 2.25. The summed E-state index contributed by atoms with van der Waals surface area (Å²) in [5.74, 6) is 3.41. The van der Waals surface area contributed by atoms with Gasteiger partial charge in [-0.25, -0.2) is 9.97 Å². The van der Waals surface area contributed by atoms with Crippen LogP contribution in [-0.4, -0.2) is 41.3 Å². The molecule has 1 fully saturated rings. The van der Waals surface area contributed by atoms with Gasteiger partial charge in [0.05, 0.1) is 0 Å². The number of aliphatic hydroxyl groups excluding tert-OH is 1. The Hall–Kier alpha value is -1.36. The van der Waals surface area contributed by atoms with Crippen molar-refractivity contribution >= 4 is 11.6 Å². The van der Waals surface area contributed by atoms with Gasteiger partial charge >= 0.3 is 0 Å². The van der Waals surface area contributed by atoms with Gasteiger partial charge in [-0.05, 0) is 25.7 Å². The summed E-state index contributed by atoms with van der Waals surface area (Å²) in [6.07, 6.45) is 2.88. The molecule has 1 unspecified atom stereocenters. The molecule has 1 aliphatic heterocycles. The van der Waals surface area contributed by atoms with Crippen LogP contribution in [0.25, 0.3) is 0 Å². The minimum atomic E-state index is 0.283. The maximum Gasteiger partial charge on any atom is 0.134 e. The van der Waals surface area contributed by atoms with Gasteiger partial charge in [0.2, 0.25) is 0 Å². The predicted molar refractivity (Wildman–Crippen MR) is 77.6 cm³/mol. The van der Waals surface area contributed by atoms with Crippen molar-refractivity contribution in [3.8, 4) is 0 Å². The summed E-state index contributed by atoms with van der Waals surface area (Å²) < 4.78 is 0. The fourth-order valence-electron chi connectivity index (χ4n) is 2.53. The minimum absolute atomic E-state index is 0.283. The minimum Gasteiger partial charge on any atom is -0.396 e. The molecular formula is C14H24N4O. The maximum atomic E-state index is 9.03. The fourth-order valence-corrected chi connectivity index (χ4v) is 2.53. The first-order valence-electron chi connectivity index (χ1n) is 7.24. The first-order chi connectivity index (χ1) is 9.26. The zero-order chi connectivity index (χ0) is 13.7. The third-order valence-electron chi connectivity index (χ3n) is 3.58. The van der Waals surface area contributed by atoms with Gasteiger partial charge in [-0.3, -0.25) is 0 Å². The second kappa shape index (κ2) is 6.70. The van der Waals surface area contributed by atoms with E-state index in [0.29, 0.717) is 5.92 Å². The smallest absolute Gasteiger partial charge is 0.134 e. The van der Waals surface area contributed by atoms with E-state index in [-0.39, 0.29) is 6.61 Å². The zero-order valence-electron chi connectivity index (χ0n) is 11.9. The Labute approximate surface area is 115 Å². The zero-order valence-corrected chi connectivity index (χ0v) is 11.9. The van der Waals surface area contributed by atoms with Crippen LogP contribution in [0.15, 0.2) is 6.07 Å². The quantitative estimate of drug-likeness (QED) is 0.818. The SMILES string of the molecule is CCNc1cc(N2CCC(CCO)C2)nc(CC)n1. The van der Waals surface area contributed by atoms with Crippen molar-refractivity contribution in [3.05, 3.63) is 11.9 Å². The molecular weight excluding hydrogens is 240 g/mol. The van der Waals surface area contributed by atoms with Gasteiger partial charge in [-0.1, -0.05) is 6.92 Å². The molecule has 1 aromatic rings. The number of hydrogen-bond donors (Lipinski definition) is 2. The molecule has 0 saturated carbocycles. The van der Waals surface area contributed by atoms with Crippen LogP contribution in [-0.2, 0) is 6.42 Å². The van der Waals surface area contributed by atoms with Gasteiger partial charge in [0.25, 0.3) is 0 Å². The Kier molecular flexibility index (Phi) is 4.96. The molecule has 0 aromatic carbocycles. The Morgan fingerprint density at radius 2 is 2.26 bits per heavy atom. The monoisotopic (exact) mass is 264 g/mol. The molecule has 1 atom stereocenters. The lowest BCUT2D eigenvalue weighted by atomic mass is 10.1. The number of anilines is 2. The molecule has 2 N–H and O–H groups in total. The van der Waals surface area contributed by atoms with Crippen LogP contribution in [0.3, 0.4) is 0 Å². The molecule has 2 rings (SSSR count). The highest BCUT2D eigenvalue weighted by atomic mass is 16.3. The molecule has 106 valence electrons. The molecule has 1 aromatic heterocycles. The number of nitrogens with one attached hydrogen (secondary N) is 1. The van der Waals surface area contributed by atoms with E-state index >= 15 is 0 Å². The van der Waals surface area contributed by atoms with Crippen molar-refractivity contribution < 1.29 is 5.11 Å². The summed E-state index contributed by atoms with van der Waals surface area (Å²) in [5.41, 5.74) is 0. The van der Waals surface area contributed by atoms with Crippen molar-refractivity contribution in [2.45, 2.75) is 33.1 Å². The highest BCUT2D eigenvalue weighted by Gasteiger charge is 2.23. The number of aromatic nitrogens is 2. The molecule has 0 spiro atoms. The van der Waals surface area contributed by atoms with E-state index < -0.39 is 0 Å². The fraction of sp³-hybridized carbons (Fsp3) is 0.714. The van der Waals surface area contributed by atoms with Crippen molar-refractivity contribution in [2.75, 3.05) is 36.5 Å². The van der Waals surface area contributed by atoms with Crippen LogP contribution in [0.4, 0.5) is 11.6 Å². The summed E-state index contributed by atoms with van der Waals surface area (Å²) in [6, 6.07) is 2.03. The maximum absolute atomic E-state index is 9.03. The Morgan fingerprint density at radius 3 is 2.95 bits per heavy atom. The van der Waals surface area contributed by atoms with E-state index in [9.17, 15) is 0 Å². The summed E-state index contributed by atoms with van der Waals surface area (Å²) in [7, 11) is 0. The molecule has 1 aliphatic rings. The van der Waals surface area contributed by atoms with E-state index in [1.807, 2.05) is 6.07 Å². The first kappa shape index (κ1) is 14.1. The third-order valence-corrected chi connectivity index (χ3v) is 3.58. The van der Waals surface area contributed by atoms with E-state index in [0.717, 1.165) is 56.4 Å². The van der Waals surface area contributed by atoms with Crippen molar-refractivity contribution in [2.24, 2.45) is 5.92 Å². The van der Waals surface area contributed by atoms with Crippen LogP contribution in [0, 0.1) is 5.92 Å². The lowest BCUT2D eigenvalue weighted by molar-refractivity contribution is 0.263. The van der Waals surface area contributed by atoms with Crippen LogP contribution in [0.5, 0.6) is 0 Å². The normalized spacial score (nSPS) is 18.9. The Bertz CT molecular complexity index is 410. The molecule has 19 heavy (non-hydrogen) atoms. The van der Waals surface area contributed by atoms with E-state index in [2.05, 4.69) is 34.0 Å². The second-order valence-corrected chi connectivity index (χ2v) is 5.02. The topological polar surface area (TPSA) is 61.3 Å². The van der Waals surface area contributed by atoms with Gasteiger partial charge in [0.1, 0.15) is 17.5 Å². The van der Waals surface area contributed by atoms with Crippen LogP contribution in [0.1, 0.15) is 32.5 Å².